The average molecular weight is 792 g/mol. The zero-order chi connectivity index (χ0) is 41.0. The van der Waals surface area contributed by atoms with Gasteiger partial charge in [-0.15, -0.1) is 0 Å². The van der Waals surface area contributed by atoms with Crippen molar-refractivity contribution >= 4 is 43.6 Å². The Morgan fingerprint density at radius 2 is 0.629 bits per heavy atom. The molecule has 0 spiro atoms. The summed E-state index contributed by atoms with van der Waals surface area (Å²) in [4.78, 5) is 15.6. The summed E-state index contributed by atoms with van der Waals surface area (Å²) in [6, 6.07) is 79.4. The third kappa shape index (κ3) is 5.98. The summed E-state index contributed by atoms with van der Waals surface area (Å²) in [6.07, 6.45) is 0. The predicted octanol–water partition coefficient (Wildman–Crippen LogP) is 14.4. The Morgan fingerprint density at radius 3 is 1.10 bits per heavy atom. The Labute approximate surface area is 358 Å². The van der Waals surface area contributed by atoms with Crippen LogP contribution in [0.15, 0.2) is 224 Å². The number of nitrogens with zero attached hydrogens (tertiary/aromatic N) is 5. The largest absolute Gasteiger partial charge is 0.307 e. The van der Waals surface area contributed by atoms with Crippen molar-refractivity contribution in [2.45, 2.75) is 0 Å². The summed E-state index contributed by atoms with van der Waals surface area (Å²) in [5.74, 6) is 1.81. The van der Waals surface area contributed by atoms with E-state index in [-0.39, 0.29) is 0 Å². The standard InChI is InChI=1S/C57H37N5/c1-5-17-38(18-6-1)43-35-44(39-19-7-2-8-20-39)37-45(36-43)40-29-31-46(32-30-40)61-51-27-15-13-25-47(51)49-33-34-50-48-26-14-16-28-52(48)62(54(50)53(49)61)57-59-55(41-21-9-3-10-22-41)58-56(60-57)42-23-11-4-12-24-42/h1-37H. The second-order valence-corrected chi connectivity index (χ2v) is 15.7. The van der Waals surface area contributed by atoms with Crippen LogP contribution in [0.3, 0.4) is 0 Å². The minimum atomic E-state index is 0.566. The number of rotatable bonds is 7. The van der Waals surface area contributed by atoms with E-state index < -0.39 is 0 Å². The molecule has 0 saturated heterocycles. The van der Waals surface area contributed by atoms with Crippen LogP contribution in [0, 0.1) is 0 Å². The normalized spacial score (nSPS) is 11.5. The van der Waals surface area contributed by atoms with Crippen molar-refractivity contribution in [3.05, 3.63) is 224 Å². The van der Waals surface area contributed by atoms with E-state index in [2.05, 4.69) is 197 Å². The van der Waals surface area contributed by atoms with Crippen LogP contribution in [-0.4, -0.2) is 24.1 Å². The lowest BCUT2D eigenvalue weighted by molar-refractivity contribution is 0.953. The number of benzene rings is 9. The van der Waals surface area contributed by atoms with Crippen molar-refractivity contribution in [3.63, 3.8) is 0 Å². The van der Waals surface area contributed by atoms with Crippen molar-refractivity contribution in [2.24, 2.45) is 0 Å². The van der Waals surface area contributed by atoms with Crippen molar-refractivity contribution in [1.82, 2.24) is 24.1 Å². The molecule has 0 N–H and O–H groups in total. The van der Waals surface area contributed by atoms with Gasteiger partial charge in [-0.05, 0) is 75.8 Å². The van der Waals surface area contributed by atoms with Crippen LogP contribution in [0.1, 0.15) is 0 Å². The maximum Gasteiger partial charge on any atom is 0.238 e. The summed E-state index contributed by atoms with van der Waals surface area (Å²) in [6.45, 7) is 0. The monoisotopic (exact) mass is 791 g/mol. The zero-order valence-electron chi connectivity index (χ0n) is 33.6. The van der Waals surface area contributed by atoms with Gasteiger partial charge in [-0.2, -0.15) is 9.97 Å². The molecule has 12 rings (SSSR count). The third-order valence-electron chi connectivity index (χ3n) is 12.0. The molecule has 0 aliphatic carbocycles. The van der Waals surface area contributed by atoms with Crippen LogP contribution in [0.2, 0.25) is 0 Å². The molecule has 0 amide bonds. The van der Waals surface area contributed by atoms with Gasteiger partial charge in [0.25, 0.3) is 0 Å². The van der Waals surface area contributed by atoms with E-state index in [1.54, 1.807) is 0 Å². The Bertz CT molecular complexity index is 3480. The topological polar surface area (TPSA) is 48.5 Å². The van der Waals surface area contributed by atoms with Gasteiger partial charge in [-0.1, -0.05) is 182 Å². The van der Waals surface area contributed by atoms with Crippen molar-refractivity contribution in [2.75, 3.05) is 0 Å². The molecule has 0 fully saturated rings. The molecule has 3 aromatic heterocycles. The first kappa shape index (κ1) is 35.5. The van der Waals surface area contributed by atoms with Gasteiger partial charge < -0.3 is 4.57 Å². The Hall–Kier alpha value is -8.41. The third-order valence-corrected chi connectivity index (χ3v) is 12.0. The quantitative estimate of drug-likeness (QED) is 0.162. The Morgan fingerprint density at radius 1 is 0.258 bits per heavy atom. The van der Waals surface area contributed by atoms with Gasteiger partial charge in [0, 0.05) is 38.4 Å². The van der Waals surface area contributed by atoms with Gasteiger partial charge in [0.1, 0.15) is 0 Å². The van der Waals surface area contributed by atoms with E-state index in [0.29, 0.717) is 17.6 Å². The van der Waals surface area contributed by atoms with Crippen molar-refractivity contribution < 1.29 is 0 Å². The molecule has 9 aromatic carbocycles. The molecule has 0 atom stereocenters. The number of para-hydroxylation sites is 2. The van der Waals surface area contributed by atoms with Crippen LogP contribution in [0.5, 0.6) is 0 Å². The van der Waals surface area contributed by atoms with Gasteiger partial charge in [-0.25, -0.2) is 4.98 Å². The highest BCUT2D eigenvalue weighted by atomic mass is 15.2. The maximum atomic E-state index is 5.27. The number of hydrogen-bond donors (Lipinski definition) is 0. The van der Waals surface area contributed by atoms with Gasteiger partial charge in [0.05, 0.1) is 22.1 Å². The summed E-state index contributed by atoms with van der Waals surface area (Å²) in [5, 5.41) is 4.60. The molecule has 290 valence electrons. The lowest BCUT2D eigenvalue weighted by Gasteiger charge is -2.14. The van der Waals surface area contributed by atoms with Crippen molar-refractivity contribution in [1.29, 1.82) is 0 Å². The second kappa shape index (κ2) is 14.7. The molecular weight excluding hydrogens is 755 g/mol. The summed E-state index contributed by atoms with van der Waals surface area (Å²) in [7, 11) is 0. The van der Waals surface area contributed by atoms with Gasteiger partial charge in [0.2, 0.25) is 5.95 Å². The second-order valence-electron chi connectivity index (χ2n) is 15.7. The van der Waals surface area contributed by atoms with Crippen LogP contribution in [0.25, 0.3) is 111 Å². The molecule has 62 heavy (non-hydrogen) atoms. The highest BCUT2D eigenvalue weighted by Gasteiger charge is 2.23. The lowest BCUT2D eigenvalue weighted by Crippen LogP contribution is -2.07. The summed E-state index contributed by atoms with van der Waals surface area (Å²) >= 11 is 0. The Balaban J connectivity index is 1.10. The van der Waals surface area contributed by atoms with E-state index in [0.717, 1.165) is 60.6 Å². The number of aromatic nitrogens is 5. The molecule has 0 radical (unpaired) electrons. The summed E-state index contributed by atoms with van der Waals surface area (Å²) < 4.78 is 4.66. The van der Waals surface area contributed by atoms with Crippen LogP contribution >= 0.6 is 0 Å². The van der Waals surface area contributed by atoms with Gasteiger partial charge in [0.15, 0.2) is 11.6 Å². The number of hydrogen-bond acceptors (Lipinski definition) is 3. The van der Waals surface area contributed by atoms with Gasteiger partial charge in [-0.3, -0.25) is 4.57 Å². The van der Waals surface area contributed by atoms with E-state index in [9.17, 15) is 0 Å². The zero-order valence-corrected chi connectivity index (χ0v) is 33.6. The first-order chi connectivity index (χ1) is 30.7. The molecule has 0 saturated carbocycles. The molecule has 12 aromatic rings. The first-order valence-electron chi connectivity index (χ1n) is 20.9. The minimum Gasteiger partial charge on any atom is -0.307 e. The average Bonchev–Trinajstić information content (AvgIpc) is 3.88. The minimum absolute atomic E-state index is 0.566. The molecule has 0 aliphatic rings. The molecule has 5 heteroatoms. The molecule has 5 nitrogen and oxygen atoms in total. The van der Waals surface area contributed by atoms with Gasteiger partial charge >= 0.3 is 0 Å². The molecular formula is C57H37N5. The van der Waals surface area contributed by atoms with E-state index >= 15 is 0 Å². The molecule has 3 heterocycles. The summed E-state index contributed by atoms with van der Waals surface area (Å²) in [5.41, 5.74) is 14.3. The van der Waals surface area contributed by atoms with Crippen molar-refractivity contribution in [3.8, 4) is 67.8 Å². The fourth-order valence-corrected chi connectivity index (χ4v) is 9.07. The predicted molar refractivity (Wildman–Crippen MR) is 256 cm³/mol. The van der Waals surface area contributed by atoms with Crippen LogP contribution in [0.4, 0.5) is 0 Å². The SMILES string of the molecule is c1ccc(-c2cc(-c3ccccc3)cc(-c3ccc(-n4c5ccccc5c5ccc6c7ccccc7n(-c7nc(-c8ccccc8)nc(-c8ccccc8)n7)c6c54)cc3)c2)cc1. The fraction of sp³-hybridized carbons (Fsp3) is 0. The van der Waals surface area contributed by atoms with Crippen LogP contribution in [-0.2, 0) is 0 Å². The first-order valence-corrected chi connectivity index (χ1v) is 20.9. The fourth-order valence-electron chi connectivity index (χ4n) is 9.07. The van der Waals surface area contributed by atoms with E-state index in [1.807, 2.05) is 36.4 Å². The van der Waals surface area contributed by atoms with Crippen LogP contribution < -0.4 is 0 Å². The van der Waals surface area contributed by atoms with E-state index in [1.165, 1.54) is 33.2 Å². The molecule has 0 bridgehead atoms. The highest BCUT2D eigenvalue weighted by Crippen LogP contribution is 2.42. The highest BCUT2D eigenvalue weighted by molar-refractivity contribution is 6.23. The smallest absolute Gasteiger partial charge is 0.238 e. The molecule has 0 unspecified atom stereocenters. The van der Waals surface area contributed by atoms with E-state index in [4.69, 9.17) is 15.0 Å². The lowest BCUT2D eigenvalue weighted by atomic mass is 9.93. The number of fused-ring (bicyclic) bond motifs is 7. The molecule has 0 aliphatic heterocycles. The Kier molecular flexibility index (Phi) is 8.42. The maximum absolute atomic E-state index is 5.27.